The van der Waals surface area contributed by atoms with Gasteiger partial charge in [0.05, 0.1) is 9.52 Å². The van der Waals surface area contributed by atoms with Gasteiger partial charge in [0.25, 0.3) is 0 Å². The third-order valence-corrected chi connectivity index (χ3v) is 13.7. The SMILES string of the molecule is CCCCc1cc2c(-c3ccccc3C(C)CC)cccc2[cH-]1.CCCCc1cc2c(-c3ccccc3C(C)CC)cccc2[cH-]1.[Cl][Zr][Cl].[c-]1cccc2c1[Si]c1ccccc1-2. The van der Waals surface area contributed by atoms with Gasteiger partial charge in [-0.25, -0.2) is 0 Å². The number of hydrogen-bond acceptors (Lipinski definition) is 0. The average molecular weight is 948 g/mol. The summed E-state index contributed by atoms with van der Waals surface area (Å²) in [6, 6.07) is 59.1. The van der Waals surface area contributed by atoms with Gasteiger partial charge in [-0.15, -0.1) is 74.6 Å². The molecule has 9 rings (SSSR count). The molecule has 2 unspecified atom stereocenters. The van der Waals surface area contributed by atoms with E-state index >= 15 is 0 Å². The molecule has 1 aliphatic heterocycles. The van der Waals surface area contributed by atoms with Gasteiger partial charge in [0.1, 0.15) is 0 Å². The molecule has 0 saturated carbocycles. The van der Waals surface area contributed by atoms with Crippen molar-refractivity contribution in [2.45, 2.75) is 105 Å². The van der Waals surface area contributed by atoms with E-state index in [1.165, 1.54) is 139 Å². The van der Waals surface area contributed by atoms with Crippen molar-refractivity contribution in [3.63, 3.8) is 0 Å². The minimum absolute atomic E-state index is 0.594. The Morgan fingerprint density at radius 3 is 1.45 bits per heavy atom. The smallest absolute Gasteiger partial charge is 0.0920 e. The summed E-state index contributed by atoms with van der Waals surface area (Å²) in [4.78, 5) is 0. The van der Waals surface area contributed by atoms with Crippen LogP contribution in [0.25, 0.3) is 54.9 Å². The van der Waals surface area contributed by atoms with Crippen molar-refractivity contribution in [1.29, 1.82) is 0 Å². The second kappa shape index (κ2) is 24.3. The van der Waals surface area contributed by atoms with E-state index < -0.39 is 20.8 Å². The first-order valence-electron chi connectivity index (χ1n) is 22.7. The topological polar surface area (TPSA) is 0 Å². The van der Waals surface area contributed by atoms with E-state index in [0.717, 1.165) is 9.52 Å². The molecule has 0 aliphatic carbocycles. The van der Waals surface area contributed by atoms with Gasteiger partial charge in [0, 0.05) is 0 Å². The quantitative estimate of drug-likeness (QED) is 0.0846. The predicted octanol–water partition coefficient (Wildman–Crippen LogP) is 16.7. The fourth-order valence-electron chi connectivity index (χ4n) is 8.62. The molecule has 0 saturated heterocycles. The van der Waals surface area contributed by atoms with Crippen molar-refractivity contribution in [1.82, 2.24) is 0 Å². The van der Waals surface area contributed by atoms with Crippen LogP contribution >= 0.6 is 17.0 Å². The van der Waals surface area contributed by atoms with Crippen molar-refractivity contribution in [3.05, 3.63) is 180 Å². The Hall–Kier alpha value is -3.78. The second-order valence-electron chi connectivity index (χ2n) is 16.5. The predicted molar refractivity (Wildman–Crippen MR) is 272 cm³/mol. The molecule has 2 radical (unpaired) electrons. The number of hydrogen-bond donors (Lipinski definition) is 0. The average Bonchev–Trinajstić information content (AvgIpc) is 4.05. The summed E-state index contributed by atoms with van der Waals surface area (Å²) >= 11 is -0.826. The third-order valence-electron chi connectivity index (χ3n) is 12.4. The van der Waals surface area contributed by atoms with Crippen molar-refractivity contribution >= 4 is 58.5 Å². The Bertz CT molecular complexity index is 2430. The van der Waals surface area contributed by atoms with Crippen LogP contribution in [0.2, 0.25) is 0 Å². The molecule has 2 atom stereocenters. The molecule has 4 heteroatoms. The molecule has 8 aromatic carbocycles. The van der Waals surface area contributed by atoms with E-state index in [1.807, 2.05) is 6.07 Å². The largest absolute Gasteiger partial charge is 0.184 e. The molecular weight excluding hydrogens is 887 g/mol. The zero-order valence-electron chi connectivity index (χ0n) is 37.5. The monoisotopic (exact) mass is 945 g/mol. The van der Waals surface area contributed by atoms with Crippen LogP contribution in [0.1, 0.15) is 114 Å². The Kier molecular flexibility index (Phi) is 18.7. The Labute approximate surface area is 394 Å². The standard InChI is InChI=1S/2C23H27.C12H7Si.2ClH.Zr/c2*1-4-6-10-18-15-19-11-9-14-22(23(19)16-18)21-13-8-7-12-20(21)17(3)5-2;1-3-7-11-9(5-1)10-6-2-4-8-12(10)13-11;;;/h2*7-9,11-17H,4-6,10H2,1-3H3;1-7H;2*1H;/q3*-1;;;+2/p-2. The summed E-state index contributed by atoms with van der Waals surface area (Å²) in [5.41, 5.74) is 14.3. The van der Waals surface area contributed by atoms with Gasteiger partial charge in [0.15, 0.2) is 0 Å². The number of fused-ring (bicyclic) bond motifs is 5. The van der Waals surface area contributed by atoms with E-state index in [4.69, 9.17) is 17.0 Å². The van der Waals surface area contributed by atoms with E-state index in [1.54, 1.807) is 0 Å². The fraction of sp³-hybridized carbons (Fsp3) is 0.276. The number of rotatable bonds is 12. The van der Waals surface area contributed by atoms with Gasteiger partial charge < -0.3 is 0 Å². The van der Waals surface area contributed by atoms with Crippen molar-refractivity contribution in [3.8, 4) is 33.4 Å². The first-order valence-corrected chi connectivity index (χ1v) is 30.1. The van der Waals surface area contributed by atoms with Crippen molar-refractivity contribution < 1.29 is 20.8 Å². The van der Waals surface area contributed by atoms with Gasteiger partial charge >= 0.3 is 37.9 Å². The summed E-state index contributed by atoms with van der Waals surface area (Å²) in [7, 11) is 10.7. The van der Waals surface area contributed by atoms with Crippen molar-refractivity contribution in [2.75, 3.05) is 0 Å². The molecule has 0 amide bonds. The van der Waals surface area contributed by atoms with Crippen LogP contribution in [0.4, 0.5) is 0 Å². The van der Waals surface area contributed by atoms with E-state index in [9.17, 15) is 0 Å². The maximum Gasteiger partial charge on any atom is 0.0920 e. The summed E-state index contributed by atoms with van der Waals surface area (Å²) in [5.74, 6) is 1.19. The molecule has 0 spiro atoms. The van der Waals surface area contributed by atoms with Gasteiger partial charge in [-0.05, 0) is 59.8 Å². The Balaban J connectivity index is 0.000000155. The maximum absolute atomic E-state index is 4.93. The molecule has 0 fully saturated rings. The molecule has 1 heterocycles. The number of benzene rings is 6. The van der Waals surface area contributed by atoms with Crippen LogP contribution in [0.15, 0.2) is 152 Å². The maximum atomic E-state index is 4.93. The van der Waals surface area contributed by atoms with E-state index in [2.05, 4.69) is 193 Å². The van der Waals surface area contributed by atoms with Crippen LogP contribution in [0, 0.1) is 6.07 Å². The molecule has 8 aromatic rings. The summed E-state index contributed by atoms with van der Waals surface area (Å²) in [6.45, 7) is 13.7. The van der Waals surface area contributed by atoms with Gasteiger partial charge in [-0.1, -0.05) is 174 Å². The minimum atomic E-state index is -0.826. The molecule has 0 nitrogen and oxygen atoms in total. The van der Waals surface area contributed by atoms with Crippen LogP contribution in [-0.2, 0) is 33.7 Å². The van der Waals surface area contributed by atoms with E-state index in [-0.39, 0.29) is 0 Å². The number of aryl methyl sites for hydroxylation is 2. The first-order chi connectivity index (χ1) is 30.3. The van der Waals surface area contributed by atoms with Gasteiger partial charge in [-0.3, -0.25) is 0 Å². The summed E-state index contributed by atoms with van der Waals surface area (Å²) in [6.07, 6.45) is 9.79. The van der Waals surface area contributed by atoms with Gasteiger partial charge in [-0.2, -0.15) is 41.6 Å². The molecule has 0 N–H and O–H groups in total. The first kappa shape index (κ1) is 47.7. The molecular formula is C58H61Cl2SiZr-3. The zero-order valence-corrected chi connectivity index (χ0v) is 42.5. The number of halogens is 2. The summed E-state index contributed by atoms with van der Waals surface area (Å²) < 4.78 is 0. The number of unbranched alkanes of at least 4 members (excludes halogenated alkanes) is 2. The fourth-order valence-corrected chi connectivity index (χ4v) is 9.93. The normalized spacial score (nSPS) is 12.2. The second-order valence-corrected chi connectivity index (χ2v) is 21.6. The van der Waals surface area contributed by atoms with E-state index in [0.29, 0.717) is 11.8 Å². The Morgan fingerprint density at radius 1 is 0.532 bits per heavy atom. The summed E-state index contributed by atoms with van der Waals surface area (Å²) in [5, 5.41) is 8.41. The molecule has 1 aliphatic rings. The van der Waals surface area contributed by atoms with Crippen LogP contribution in [0.5, 0.6) is 0 Å². The van der Waals surface area contributed by atoms with Crippen LogP contribution < -0.4 is 10.4 Å². The zero-order chi connectivity index (χ0) is 43.8. The third kappa shape index (κ3) is 11.9. The molecule has 62 heavy (non-hydrogen) atoms. The van der Waals surface area contributed by atoms with Crippen molar-refractivity contribution in [2.24, 2.45) is 0 Å². The van der Waals surface area contributed by atoms with Crippen LogP contribution in [0.3, 0.4) is 0 Å². The molecule has 318 valence electrons. The van der Waals surface area contributed by atoms with Crippen LogP contribution in [-0.4, -0.2) is 9.52 Å². The minimum Gasteiger partial charge on any atom is -0.184 e. The Morgan fingerprint density at radius 2 is 0.968 bits per heavy atom. The molecule has 0 aromatic heterocycles. The molecule has 0 bridgehead atoms. The van der Waals surface area contributed by atoms with Gasteiger partial charge in [0.2, 0.25) is 0 Å².